The minimum Gasteiger partial charge on any atom is -0.477 e. The van der Waals surface area contributed by atoms with Crippen molar-refractivity contribution in [1.82, 2.24) is 5.32 Å². The van der Waals surface area contributed by atoms with Gasteiger partial charge < -0.3 is 15.3 Å². The van der Waals surface area contributed by atoms with Crippen molar-refractivity contribution < 1.29 is 19.5 Å². The van der Waals surface area contributed by atoms with Gasteiger partial charge >= 0.3 is 5.97 Å². The first-order chi connectivity index (χ1) is 9.49. The third-order valence-corrected chi connectivity index (χ3v) is 4.21. The van der Waals surface area contributed by atoms with Gasteiger partial charge in [0.1, 0.15) is 0 Å². The molecule has 20 heavy (non-hydrogen) atoms. The first-order valence-corrected chi connectivity index (χ1v) is 7.25. The van der Waals surface area contributed by atoms with Gasteiger partial charge in [0.15, 0.2) is 5.71 Å². The Morgan fingerprint density at radius 2 is 2.05 bits per heavy atom. The molecule has 0 bridgehead atoms. The fourth-order valence-corrected chi connectivity index (χ4v) is 3.06. The number of carboxylic acids is 1. The van der Waals surface area contributed by atoms with Crippen LogP contribution in [0, 0.1) is 11.8 Å². The Morgan fingerprint density at radius 1 is 1.35 bits per heavy atom. The fourth-order valence-electron chi connectivity index (χ4n) is 3.06. The van der Waals surface area contributed by atoms with Crippen LogP contribution in [0.2, 0.25) is 0 Å². The molecular formula is C14H22N2O4. The van der Waals surface area contributed by atoms with Crippen LogP contribution in [0.15, 0.2) is 5.16 Å². The standard InChI is InChI=1S/C14H22N2O4/c1-8(2)9-5-3-4-6-10(9)15-13(17)12-7-11(14(18)19)16-20-12/h8-10,12H,3-7H2,1-2H3,(H,15,17)(H,18,19). The summed E-state index contributed by atoms with van der Waals surface area (Å²) >= 11 is 0. The Morgan fingerprint density at radius 3 is 2.65 bits per heavy atom. The summed E-state index contributed by atoms with van der Waals surface area (Å²) in [5.41, 5.74) is -0.0887. The van der Waals surface area contributed by atoms with Crippen molar-refractivity contribution in [3.8, 4) is 0 Å². The number of hydrogen-bond donors (Lipinski definition) is 2. The summed E-state index contributed by atoms with van der Waals surface area (Å²) in [6.45, 7) is 4.35. The van der Waals surface area contributed by atoms with Gasteiger partial charge in [0.2, 0.25) is 6.10 Å². The molecule has 6 heteroatoms. The number of carboxylic acid groups (broad SMARTS) is 1. The minimum absolute atomic E-state index is 0.0419. The summed E-state index contributed by atoms with van der Waals surface area (Å²) in [4.78, 5) is 27.8. The second kappa shape index (κ2) is 6.24. The van der Waals surface area contributed by atoms with Gasteiger partial charge in [-0.15, -0.1) is 0 Å². The Bertz CT molecular complexity index is 419. The van der Waals surface area contributed by atoms with Gasteiger partial charge in [-0.3, -0.25) is 4.79 Å². The van der Waals surface area contributed by atoms with Crippen LogP contribution in [-0.2, 0) is 14.4 Å². The van der Waals surface area contributed by atoms with Crippen LogP contribution in [-0.4, -0.2) is 34.8 Å². The number of rotatable bonds is 4. The molecule has 1 aliphatic heterocycles. The summed E-state index contributed by atoms with van der Waals surface area (Å²) in [5, 5.41) is 15.3. The summed E-state index contributed by atoms with van der Waals surface area (Å²) in [6.07, 6.45) is 3.69. The Labute approximate surface area is 118 Å². The number of carbonyl (C=O) groups excluding carboxylic acids is 1. The van der Waals surface area contributed by atoms with E-state index in [0.717, 1.165) is 19.3 Å². The second-order valence-corrected chi connectivity index (χ2v) is 5.95. The van der Waals surface area contributed by atoms with E-state index in [1.54, 1.807) is 0 Å². The van der Waals surface area contributed by atoms with Gasteiger partial charge in [0, 0.05) is 12.5 Å². The number of nitrogens with zero attached hydrogens (tertiary/aromatic N) is 1. The van der Waals surface area contributed by atoms with E-state index < -0.39 is 12.1 Å². The van der Waals surface area contributed by atoms with Crippen molar-refractivity contribution in [2.24, 2.45) is 17.0 Å². The number of aliphatic carboxylic acids is 1. The monoisotopic (exact) mass is 282 g/mol. The molecule has 2 N–H and O–H groups in total. The molecular weight excluding hydrogens is 260 g/mol. The molecule has 0 aromatic carbocycles. The first kappa shape index (κ1) is 14.8. The molecule has 1 amide bonds. The van der Waals surface area contributed by atoms with Gasteiger partial charge in [0.05, 0.1) is 0 Å². The van der Waals surface area contributed by atoms with E-state index in [2.05, 4.69) is 24.3 Å². The molecule has 0 saturated heterocycles. The van der Waals surface area contributed by atoms with Gasteiger partial charge in [-0.05, 0) is 24.7 Å². The highest BCUT2D eigenvalue weighted by Gasteiger charge is 2.35. The van der Waals surface area contributed by atoms with Crippen LogP contribution >= 0.6 is 0 Å². The SMILES string of the molecule is CC(C)C1CCCCC1NC(=O)C1CC(C(=O)O)=NO1. The van der Waals surface area contributed by atoms with E-state index in [9.17, 15) is 9.59 Å². The predicted octanol–water partition coefficient (Wildman–Crippen LogP) is 1.55. The number of nitrogens with one attached hydrogen (secondary N) is 1. The van der Waals surface area contributed by atoms with Crippen LogP contribution in [0.1, 0.15) is 46.0 Å². The zero-order valence-corrected chi connectivity index (χ0v) is 12.0. The molecule has 3 atom stereocenters. The van der Waals surface area contributed by atoms with Gasteiger partial charge in [-0.25, -0.2) is 4.79 Å². The van der Waals surface area contributed by atoms with Crippen molar-refractivity contribution >= 4 is 17.6 Å². The fraction of sp³-hybridized carbons (Fsp3) is 0.786. The van der Waals surface area contributed by atoms with Crippen LogP contribution in [0.5, 0.6) is 0 Å². The van der Waals surface area contributed by atoms with Gasteiger partial charge in [-0.1, -0.05) is 31.8 Å². The largest absolute Gasteiger partial charge is 0.477 e. The van der Waals surface area contributed by atoms with Gasteiger partial charge in [-0.2, -0.15) is 0 Å². The third-order valence-electron chi connectivity index (χ3n) is 4.21. The maximum Gasteiger partial charge on any atom is 0.353 e. The first-order valence-electron chi connectivity index (χ1n) is 7.25. The zero-order valence-electron chi connectivity index (χ0n) is 12.0. The lowest BCUT2D eigenvalue weighted by atomic mass is 9.78. The molecule has 1 fully saturated rings. The van der Waals surface area contributed by atoms with Crippen molar-refractivity contribution in [2.45, 2.75) is 58.1 Å². The normalized spacial score (nSPS) is 29.8. The number of hydrogen-bond acceptors (Lipinski definition) is 4. The summed E-state index contributed by atoms with van der Waals surface area (Å²) in [7, 11) is 0. The predicted molar refractivity (Wildman–Crippen MR) is 73.3 cm³/mol. The zero-order chi connectivity index (χ0) is 14.7. The van der Waals surface area contributed by atoms with Crippen LogP contribution in [0.4, 0.5) is 0 Å². The molecule has 2 aliphatic rings. The molecule has 0 aromatic heterocycles. The molecule has 0 spiro atoms. The number of oxime groups is 1. The molecule has 0 radical (unpaired) electrons. The lowest BCUT2D eigenvalue weighted by Crippen LogP contribution is -2.47. The molecule has 1 saturated carbocycles. The molecule has 3 unspecified atom stereocenters. The highest BCUT2D eigenvalue weighted by molar-refractivity contribution is 6.36. The molecule has 1 aliphatic carbocycles. The molecule has 0 aromatic rings. The van der Waals surface area contributed by atoms with E-state index in [-0.39, 0.29) is 24.1 Å². The van der Waals surface area contributed by atoms with Crippen molar-refractivity contribution in [3.63, 3.8) is 0 Å². The topological polar surface area (TPSA) is 88.0 Å². The average Bonchev–Trinajstić information content (AvgIpc) is 2.89. The third kappa shape index (κ3) is 3.29. The lowest BCUT2D eigenvalue weighted by molar-refractivity contribution is -0.132. The van der Waals surface area contributed by atoms with Gasteiger partial charge in [0.25, 0.3) is 5.91 Å². The molecule has 6 nitrogen and oxygen atoms in total. The van der Waals surface area contributed by atoms with E-state index in [1.165, 1.54) is 6.42 Å². The molecule has 112 valence electrons. The quantitative estimate of drug-likeness (QED) is 0.818. The maximum atomic E-state index is 12.1. The van der Waals surface area contributed by atoms with Crippen molar-refractivity contribution in [2.75, 3.05) is 0 Å². The summed E-state index contributed by atoms with van der Waals surface area (Å²) < 4.78 is 0. The van der Waals surface area contributed by atoms with Crippen LogP contribution < -0.4 is 5.32 Å². The maximum absolute atomic E-state index is 12.1. The summed E-state index contributed by atoms with van der Waals surface area (Å²) in [5.74, 6) is -0.370. The Balaban J connectivity index is 1.89. The Kier molecular flexibility index (Phi) is 4.62. The van der Waals surface area contributed by atoms with E-state index in [0.29, 0.717) is 11.8 Å². The molecule has 1 heterocycles. The number of carbonyl (C=O) groups is 2. The van der Waals surface area contributed by atoms with Crippen LogP contribution in [0.3, 0.4) is 0 Å². The Hall–Kier alpha value is -1.59. The average molecular weight is 282 g/mol. The minimum atomic E-state index is -1.13. The van der Waals surface area contributed by atoms with E-state index in [1.807, 2.05) is 0 Å². The molecule has 2 rings (SSSR count). The lowest BCUT2D eigenvalue weighted by Gasteiger charge is -2.35. The summed E-state index contributed by atoms with van der Waals surface area (Å²) in [6, 6.07) is 0.161. The van der Waals surface area contributed by atoms with Crippen molar-refractivity contribution in [3.05, 3.63) is 0 Å². The van der Waals surface area contributed by atoms with E-state index in [4.69, 9.17) is 9.94 Å². The smallest absolute Gasteiger partial charge is 0.353 e. The second-order valence-electron chi connectivity index (χ2n) is 5.95. The van der Waals surface area contributed by atoms with Crippen LogP contribution in [0.25, 0.3) is 0 Å². The highest BCUT2D eigenvalue weighted by Crippen LogP contribution is 2.30. The van der Waals surface area contributed by atoms with Crippen molar-refractivity contribution in [1.29, 1.82) is 0 Å². The highest BCUT2D eigenvalue weighted by atomic mass is 16.6. The van der Waals surface area contributed by atoms with E-state index >= 15 is 0 Å². The number of amides is 1.